The molecule has 0 aromatic heterocycles. The van der Waals surface area contributed by atoms with E-state index in [1.807, 2.05) is 0 Å². The SMILES string of the molecule is COc1cc(C(=O)Oc2ccc(/C=C/C(=O)C(O)CC(O)(Cc3ccc(N)cc3)C(=O)/C=C/c3ccc(OC(=O)c4ccc(OCC(F)(F)F)c(OC)c4)cc3)cc2)ccc1OCC(F)(F)F. The normalized spacial score (nSPS) is 13.1. The molecule has 0 aliphatic carbocycles. The van der Waals surface area contributed by atoms with Crippen molar-refractivity contribution >= 4 is 41.3 Å². The molecule has 5 rings (SSSR count). The van der Waals surface area contributed by atoms with Crippen LogP contribution in [0.2, 0.25) is 0 Å². The molecule has 0 bridgehead atoms. The van der Waals surface area contributed by atoms with E-state index in [0.29, 0.717) is 22.4 Å². The molecule has 0 saturated heterocycles. The Hall–Kier alpha value is -7.64. The van der Waals surface area contributed by atoms with Gasteiger partial charge in [0.15, 0.2) is 47.8 Å². The monoisotopic (exact) mass is 937 g/mol. The van der Waals surface area contributed by atoms with Crippen molar-refractivity contribution in [2.45, 2.75) is 36.9 Å². The number of halogens is 6. The zero-order valence-electron chi connectivity index (χ0n) is 35.4. The summed E-state index contributed by atoms with van der Waals surface area (Å²) in [5.41, 5.74) is 5.13. The molecule has 0 aliphatic heterocycles. The zero-order valence-corrected chi connectivity index (χ0v) is 35.4. The number of carbonyl (C=O) groups is 4. The molecule has 13 nitrogen and oxygen atoms in total. The lowest BCUT2D eigenvalue weighted by Gasteiger charge is -2.27. The quantitative estimate of drug-likeness (QED) is 0.0223. The number of alkyl halides is 6. The molecule has 5 aromatic carbocycles. The first-order valence-electron chi connectivity index (χ1n) is 19.7. The molecule has 0 aliphatic rings. The molecule has 0 amide bonds. The third kappa shape index (κ3) is 15.2. The summed E-state index contributed by atoms with van der Waals surface area (Å²) in [6, 6.07) is 24.8. The largest absolute Gasteiger partial charge is 0.493 e. The van der Waals surface area contributed by atoms with Crippen LogP contribution in [0.25, 0.3) is 12.2 Å². The van der Waals surface area contributed by atoms with Gasteiger partial charge in [-0.3, -0.25) is 9.59 Å². The highest BCUT2D eigenvalue weighted by atomic mass is 19.4. The van der Waals surface area contributed by atoms with Crippen molar-refractivity contribution < 1.29 is 84.2 Å². The van der Waals surface area contributed by atoms with Crippen LogP contribution in [0.3, 0.4) is 0 Å². The number of ether oxygens (including phenoxy) is 6. The van der Waals surface area contributed by atoms with Crippen LogP contribution in [-0.4, -0.2) is 85.2 Å². The van der Waals surface area contributed by atoms with E-state index in [1.165, 1.54) is 87.0 Å². The van der Waals surface area contributed by atoms with Crippen molar-refractivity contribution in [1.82, 2.24) is 0 Å². The molecule has 0 radical (unpaired) electrons. The third-order valence-corrected chi connectivity index (χ3v) is 9.42. The van der Waals surface area contributed by atoms with Crippen LogP contribution in [0, 0.1) is 0 Å². The Morgan fingerprint density at radius 1 is 0.612 bits per heavy atom. The molecule has 0 spiro atoms. The number of aliphatic hydroxyl groups is 2. The molecular weight excluding hydrogens is 897 g/mol. The first-order chi connectivity index (χ1) is 31.6. The number of anilines is 1. The summed E-state index contributed by atoms with van der Waals surface area (Å²) in [5.74, 6) is -4.00. The standard InChI is InChI=1S/C48H41F6NO12/c1-62-41-23-32(11-20-39(41)64-27-47(49,50)51)44(59)66-35-15-5-29(6-16-35)9-19-37(56)38(57)26-46(61,25-31-3-13-34(55)14-4-31)43(58)22-10-30-7-17-36(18-8-30)67-45(60)33-12-21-40(42(24-33)63-2)65-28-48(52,53)54/h3-24,38,57,61H,25-28,55H2,1-2H3/b19-9+,22-10+. The summed E-state index contributed by atoms with van der Waals surface area (Å²) in [7, 11) is 2.38. The average molecular weight is 938 g/mol. The van der Waals surface area contributed by atoms with Gasteiger partial charge >= 0.3 is 24.3 Å². The van der Waals surface area contributed by atoms with Gasteiger partial charge in [0.1, 0.15) is 23.2 Å². The second-order valence-electron chi connectivity index (χ2n) is 14.6. The molecule has 0 fully saturated rings. The lowest BCUT2D eigenvalue weighted by Crippen LogP contribution is -2.44. The minimum absolute atomic E-state index is 0.0457. The van der Waals surface area contributed by atoms with E-state index in [0.717, 1.165) is 36.4 Å². The second-order valence-corrected chi connectivity index (χ2v) is 14.6. The van der Waals surface area contributed by atoms with E-state index in [2.05, 4.69) is 0 Å². The van der Waals surface area contributed by atoms with Crippen LogP contribution in [0.1, 0.15) is 43.8 Å². The van der Waals surface area contributed by atoms with Crippen LogP contribution in [-0.2, 0) is 16.0 Å². The van der Waals surface area contributed by atoms with Crippen LogP contribution in [0.5, 0.6) is 34.5 Å². The number of benzene rings is 5. The fourth-order valence-corrected chi connectivity index (χ4v) is 6.04. The first kappa shape index (κ1) is 50.4. The first-order valence-corrected chi connectivity index (χ1v) is 19.7. The minimum atomic E-state index is -4.59. The summed E-state index contributed by atoms with van der Waals surface area (Å²) >= 11 is 0. The zero-order chi connectivity index (χ0) is 48.9. The maximum atomic E-state index is 13.7. The van der Waals surface area contributed by atoms with Crippen molar-refractivity contribution in [2.75, 3.05) is 33.2 Å². The van der Waals surface area contributed by atoms with Gasteiger partial charge in [-0.1, -0.05) is 48.6 Å². The predicted octanol–water partition coefficient (Wildman–Crippen LogP) is 8.20. The highest BCUT2D eigenvalue weighted by molar-refractivity contribution is 6.02. The van der Waals surface area contributed by atoms with Gasteiger partial charge in [0.05, 0.1) is 25.3 Å². The number of carbonyl (C=O) groups excluding carboxylic acids is 4. The molecule has 67 heavy (non-hydrogen) atoms. The highest BCUT2D eigenvalue weighted by Crippen LogP contribution is 2.32. The predicted molar refractivity (Wildman–Crippen MR) is 230 cm³/mol. The number of methoxy groups -OCH3 is 2. The van der Waals surface area contributed by atoms with Crippen LogP contribution >= 0.6 is 0 Å². The molecule has 4 N–H and O–H groups in total. The summed E-state index contributed by atoms with van der Waals surface area (Å²) in [6.45, 7) is -3.13. The van der Waals surface area contributed by atoms with Gasteiger partial charge in [-0.2, -0.15) is 26.3 Å². The van der Waals surface area contributed by atoms with E-state index in [9.17, 15) is 55.7 Å². The summed E-state index contributed by atoms with van der Waals surface area (Å²) in [5, 5.41) is 22.7. The van der Waals surface area contributed by atoms with Crippen molar-refractivity contribution in [3.8, 4) is 34.5 Å². The minimum Gasteiger partial charge on any atom is -0.493 e. The smallest absolute Gasteiger partial charge is 0.422 e. The van der Waals surface area contributed by atoms with Gasteiger partial charge in [-0.15, -0.1) is 0 Å². The van der Waals surface area contributed by atoms with Gasteiger partial charge in [-0.05, 0) is 102 Å². The van der Waals surface area contributed by atoms with E-state index in [1.54, 1.807) is 24.3 Å². The third-order valence-electron chi connectivity index (χ3n) is 9.42. The lowest BCUT2D eigenvalue weighted by atomic mass is 9.83. The van der Waals surface area contributed by atoms with Gasteiger partial charge in [-0.25, -0.2) is 9.59 Å². The maximum Gasteiger partial charge on any atom is 0.422 e. The molecule has 5 aromatic rings. The van der Waals surface area contributed by atoms with Crippen molar-refractivity contribution in [2.24, 2.45) is 0 Å². The summed E-state index contributed by atoms with van der Waals surface area (Å²) < 4.78 is 106. The molecule has 0 saturated carbocycles. The van der Waals surface area contributed by atoms with Crippen LogP contribution in [0.4, 0.5) is 32.0 Å². The Morgan fingerprint density at radius 3 is 1.46 bits per heavy atom. The summed E-state index contributed by atoms with van der Waals surface area (Å²) in [4.78, 5) is 52.3. The number of aliphatic hydroxyl groups excluding tert-OH is 1. The highest BCUT2D eigenvalue weighted by Gasteiger charge is 2.38. The second kappa shape index (κ2) is 22.0. The number of nitrogen functional groups attached to an aromatic ring is 1. The fourth-order valence-electron chi connectivity index (χ4n) is 6.04. The molecule has 19 heteroatoms. The Bertz CT molecular complexity index is 2590. The fraction of sp³-hybridized carbons (Fsp3) is 0.208. The van der Waals surface area contributed by atoms with E-state index in [-0.39, 0.29) is 52.0 Å². The number of nitrogens with two attached hydrogens (primary N) is 1. The average Bonchev–Trinajstić information content (AvgIpc) is 3.29. The summed E-state index contributed by atoms with van der Waals surface area (Å²) in [6.07, 6.45) is -7.27. The lowest BCUT2D eigenvalue weighted by molar-refractivity contribution is -0.154. The van der Waals surface area contributed by atoms with Gasteiger partial charge < -0.3 is 44.4 Å². The van der Waals surface area contributed by atoms with Gasteiger partial charge in [0.25, 0.3) is 0 Å². The van der Waals surface area contributed by atoms with E-state index < -0.39 is 67.2 Å². The van der Waals surface area contributed by atoms with Crippen LogP contribution < -0.4 is 34.2 Å². The topological polar surface area (TPSA) is 190 Å². The maximum absolute atomic E-state index is 13.7. The number of hydrogen-bond donors (Lipinski definition) is 3. The van der Waals surface area contributed by atoms with E-state index >= 15 is 0 Å². The van der Waals surface area contributed by atoms with Crippen LogP contribution in [0.15, 0.2) is 121 Å². The Morgan fingerprint density at radius 2 is 1.04 bits per heavy atom. The Kier molecular flexibility index (Phi) is 16.6. The number of hydrogen-bond acceptors (Lipinski definition) is 13. The Balaban J connectivity index is 1.21. The number of esters is 2. The van der Waals surface area contributed by atoms with Gasteiger partial charge in [0, 0.05) is 18.5 Å². The molecule has 2 atom stereocenters. The Labute approximate surface area is 378 Å². The van der Waals surface area contributed by atoms with Crippen molar-refractivity contribution in [1.29, 1.82) is 0 Å². The van der Waals surface area contributed by atoms with Crippen molar-refractivity contribution in [3.05, 3.63) is 149 Å². The molecule has 2 unspecified atom stereocenters. The van der Waals surface area contributed by atoms with Gasteiger partial charge in [0.2, 0.25) is 0 Å². The number of rotatable bonds is 20. The molecular formula is C48H41F6NO12. The molecule has 352 valence electrons. The van der Waals surface area contributed by atoms with E-state index in [4.69, 9.17) is 34.2 Å². The molecule has 0 heterocycles. The number of ketones is 2. The van der Waals surface area contributed by atoms with Crippen molar-refractivity contribution in [3.63, 3.8) is 0 Å².